The molecule has 1 aromatic rings. The Hall–Kier alpha value is -1.60. The molecule has 1 atom stereocenters. The molecule has 112 valence electrons. The number of rotatable bonds is 5. The van der Waals surface area contributed by atoms with Crippen molar-refractivity contribution >= 4 is 45.8 Å². The summed E-state index contributed by atoms with van der Waals surface area (Å²) in [4.78, 5) is 25.4. The van der Waals surface area contributed by atoms with Gasteiger partial charge in [0, 0.05) is 5.69 Å². The Morgan fingerprint density at radius 3 is 2.62 bits per heavy atom. The van der Waals surface area contributed by atoms with Gasteiger partial charge in [-0.1, -0.05) is 30.9 Å². The molecule has 2 rings (SSSR count). The Kier molecular flexibility index (Phi) is 5.19. The molecule has 1 saturated heterocycles. The van der Waals surface area contributed by atoms with Crippen molar-refractivity contribution in [2.24, 2.45) is 0 Å². The Bertz CT molecular complexity index is 560. The number of anilines is 1. The number of hydrogen-bond acceptors (Lipinski definition) is 5. The number of amides is 2. The van der Waals surface area contributed by atoms with Crippen LogP contribution in [0.3, 0.4) is 0 Å². The van der Waals surface area contributed by atoms with Gasteiger partial charge in [-0.3, -0.25) is 14.5 Å². The zero-order valence-corrected chi connectivity index (χ0v) is 13.4. The normalized spacial score (nSPS) is 18.0. The fourth-order valence-electron chi connectivity index (χ4n) is 1.92. The highest BCUT2D eigenvalue weighted by Crippen LogP contribution is 2.29. The van der Waals surface area contributed by atoms with Crippen LogP contribution in [0.2, 0.25) is 0 Å². The first-order chi connectivity index (χ1) is 10.0. The third kappa shape index (κ3) is 3.74. The molecule has 1 unspecified atom stereocenters. The lowest BCUT2D eigenvalue weighted by molar-refractivity contribution is -0.129. The number of thiocarbonyl (C=S) groups is 1. The molecular weight excluding hydrogens is 308 g/mol. The standard InChI is InChI=1S/C14H16N2O3S2/c1-3-11-13(18)16(14(20)21-11)8-12(17)15-9-4-6-10(19-2)7-5-9/h4-7,11H,3,8H2,1-2H3,(H,15,17). The average Bonchev–Trinajstić information content (AvgIpc) is 2.75. The molecular formula is C14H16N2O3S2. The van der Waals surface area contributed by atoms with E-state index in [2.05, 4.69) is 5.32 Å². The predicted octanol–water partition coefficient (Wildman–Crippen LogP) is 2.27. The molecule has 0 radical (unpaired) electrons. The molecule has 2 amide bonds. The molecule has 1 aliphatic heterocycles. The summed E-state index contributed by atoms with van der Waals surface area (Å²) < 4.78 is 5.52. The number of benzene rings is 1. The van der Waals surface area contributed by atoms with Crippen LogP contribution in [0.5, 0.6) is 5.75 Å². The van der Waals surface area contributed by atoms with E-state index >= 15 is 0 Å². The summed E-state index contributed by atoms with van der Waals surface area (Å²) in [6.07, 6.45) is 0.709. The van der Waals surface area contributed by atoms with Gasteiger partial charge in [-0.25, -0.2) is 0 Å². The van der Waals surface area contributed by atoms with Crippen molar-refractivity contribution in [1.82, 2.24) is 4.90 Å². The summed E-state index contributed by atoms with van der Waals surface area (Å²) in [6.45, 7) is 1.88. The van der Waals surface area contributed by atoms with E-state index in [-0.39, 0.29) is 23.6 Å². The quantitative estimate of drug-likeness (QED) is 0.842. The molecule has 1 fully saturated rings. The van der Waals surface area contributed by atoms with Crippen LogP contribution in [0.25, 0.3) is 0 Å². The van der Waals surface area contributed by atoms with Gasteiger partial charge in [0.2, 0.25) is 11.8 Å². The molecule has 1 aromatic carbocycles. The number of nitrogens with one attached hydrogen (secondary N) is 1. The topological polar surface area (TPSA) is 58.6 Å². The highest BCUT2D eigenvalue weighted by Gasteiger charge is 2.36. The van der Waals surface area contributed by atoms with E-state index in [9.17, 15) is 9.59 Å². The molecule has 21 heavy (non-hydrogen) atoms. The number of thioether (sulfide) groups is 1. The Morgan fingerprint density at radius 2 is 2.10 bits per heavy atom. The van der Waals surface area contributed by atoms with Crippen LogP contribution in [0, 0.1) is 0 Å². The van der Waals surface area contributed by atoms with E-state index in [4.69, 9.17) is 17.0 Å². The lowest BCUT2D eigenvalue weighted by atomic mass is 10.3. The maximum atomic E-state index is 12.0. The Labute approximate surface area is 133 Å². The molecule has 5 nitrogen and oxygen atoms in total. The van der Waals surface area contributed by atoms with E-state index < -0.39 is 0 Å². The molecule has 0 bridgehead atoms. The third-order valence-electron chi connectivity index (χ3n) is 3.05. The molecule has 1 N–H and O–H groups in total. The fourth-order valence-corrected chi connectivity index (χ4v) is 3.34. The predicted molar refractivity (Wildman–Crippen MR) is 87.6 cm³/mol. The highest BCUT2D eigenvalue weighted by atomic mass is 32.2. The van der Waals surface area contributed by atoms with Crippen LogP contribution < -0.4 is 10.1 Å². The summed E-state index contributed by atoms with van der Waals surface area (Å²) in [7, 11) is 1.58. The van der Waals surface area contributed by atoms with Crippen LogP contribution >= 0.6 is 24.0 Å². The van der Waals surface area contributed by atoms with Crippen molar-refractivity contribution in [3.63, 3.8) is 0 Å². The third-order valence-corrected chi connectivity index (χ3v) is 4.80. The van der Waals surface area contributed by atoms with Crippen LogP contribution in [0.4, 0.5) is 5.69 Å². The number of ether oxygens (including phenoxy) is 1. The van der Waals surface area contributed by atoms with Crippen molar-refractivity contribution in [3.05, 3.63) is 24.3 Å². The summed E-state index contributed by atoms with van der Waals surface area (Å²) in [5.74, 6) is 0.358. The highest BCUT2D eigenvalue weighted by molar-refractivity contribution is 8.24. The summed E-state index contributed by atoms with van der Waals surface area (Å²) in [6, 6.07) is 6.99. The number of hydrogen-bond donors (Lipinski definition) is 1. The monoisotopic (exact) mass is 324 g/mol. The summed E-state index contributed by atoms with van der Waals surface area (Å²) >= 11 is 6.49. The van der Waals surface area contributed by atoms with Gasteiger partial charge in [0.05, 0.1) is 12.4 Å². The van der Waals surface area contributed by atoms with E-state index in [1.807, 2.05) is 6.92 Å². The van der Waals surface area contributed by atoms with Crippen molar-refractivity contribution in [1.29, 1.82) is 0 Å². The minimum absolute atomic E-state index is 0.0484. The second kappa shape index (κ2) is 6.91. The van der Waals surface area contributed by atoms with Gasteiger partial charge < -0.3 is 10.1 Å². The van der Waals surface area contributed by atoms with Crippen molar-refractivity contribution in [2.75, 3.05) is 19.0 Å². The van der Waals surface area contributed by atoms with Crippen LogP contribution in [0.1, 0.15) is 13.3 Å². The first kappa shape index (κ1) is 15.8. The van der Waals surface area contributed by atoms with Crippen LogP contribution in [-0.2, 0) is 9.59 Å². The molecule has 0 aromatic heterocycles. The summed E-state index contributed by atoms with van der Waals surface area (Å²) in [5.41, 5.74) is 0.651. The van der Waals surface area contributed by atoms with E-state index in [1.54, 1.807) is 31.4 Å². The van der Waals surface area contributed by atoms with E-state index in [0.717, 1.165) is 0 Å². The fraction of sp³-hybridized carbons (Fsp3) is 0.357. The van der Waals surface area contributed by atoms with E-state index in [0.29, 0.717) is 22.2 Å². The second-order valence-corrected chi connectivity index (χ2v) is 6.32. The molecule has 7 heteroatoms. The van der Waals surface area contributed by atoms with Crippen molar-refractivity contribution in [2.45, 2.75) is 18.6 Å². The lowest BCUT2D eigenvalue weighted by Crippen LogP contribution is -2.38. The first-order valence-electron chi connectivity index (χ1n) is 6.51. The first-order valence-corrected chi connectivity index (χ1v) is 7.79. The second-order valence-electron chi connectivity index (χ2n) is 4.48. The van der Waals surface area contributed by atoms with Gasteiger partial charge in [0.1, 0.15) is 16.6 Å². The molecule has 0 saturated carbocycles. The SMILES string of the molecule is CCC1SC(=S)N(CC(=O)Nc2ccc(OC)cc2)C1=O. The largest absolute Gasteiger partial charge is 0.497 e. The Balaban J connectivity index is 1.95. The number of carbonyl (C=O) groups excluding carboxylic acids is 2. The maximum absolute atomic E-state index is 12.0. The zero-order valence-electron chi connectivity index (χ0n) is 11.8. The molecule has 1 heterocycles. The van der Waals surface area contributed by atoms with Gasteiger partial charge in [0.25, 0.3) is 0 Å². The van der Waals surface area contributed by atoms with Gasteiger partial charge in [0.15, 0.2) is 0 Å². The smallest absolute Gasteiger partial charge is 0.244 e. The van der Waals surface area contributed by atoms with Gasteiger partial charge in [-0.15, -0.1) is 0 Å². The van der Waals surface area contributed by atoms with Gasteiger partial charge in [-0.05, 0) is 30.7 Å². The maximum Gasteiger partial charge on any atom is 0.244 e. The Morgan fingerprint density at radius 1 is 1.43 bits per heavy atom. The van der Waals surface area contributed by atoms with Crippen molar-refractivity contribution in [3.8, 4) is 5.75 Å². The molecule has 0 aliphatic carbocycles. The van der Waals surface area contributed by atoms with Crippen LogP contribution in [-0.4, -0.2) is 39.9 Å². The van der Waals surface area contributed by atoms with Crippen LogP contribution in [0.15, 0.2) is 24.3 Å². The zero-order chi connectivity index (χ0) is 15.4. The minimum atomic E-state index is -0.270. The molecule has 0 spiro atoms. The lowest BCUT2D eigenvalue weighted by Gasteiger charge is -2.15. The molecule has 1 aliphatic rings. The number of methoxy groups -OCH3 is 1. The number of nitrogens with zero attached hydrogens (tertiary/aromatic N) is 1. The van der Waals surface area contributed by atoms with E-state index in [1.165, 1.54) is 16.7 Å². The van der Waals surface area contributed by atoms with Gasteiger partial charge in [-0.2, -0.15) is 0 Å². The average molecular weight is 324 g/mol. The van der Waals surface area contributed by atoms with Gasteiger partial charge >= 0.3 is 0 Å². The summed E-state index contributed by atoms with van der Waals surface area (Å²) in [5, 5.41) is 2.58. The minimum Gasteiger partial charge on any atom is -0.497 e. The number of carbonyl (C=O) groups is 2. The van der Waals surface area contributed by atoms with Crippen molar-refractivity contribution < 1.29 is 14.3 Å².